The van der Waals surface area contributed by atoms with E-state index >= 15 is 0 Å². The molecule has 0 aromatic heterocycles. The minimum atomic E-state index is -0.0746. The molecule has 0 amide bonds. The van der Waals surface area contributed by atoms with Gasteiger partial charge in [0.05, 0.1) is 19.8 Å². The second-order valence-corrected chi connectivity index (χ2v) is 5.06. The summed E-state index contributed by atoms with van der Waals surface area (Å²) in [5.41, 5.74) is 8.54. The monoisotopic (exact) mass is 301 g/mol. The second-order valence-electron chi connectivity index (χ2n) is 5.06. The highest BCUT2D eigenvalue weighted by molar-refractivity contribution is 5.85. The van der Waals surface area contributed by atoms with Gasteiger partial charge in [-0.3, -0.25) is 0 Å². The third-order valence-electron chi connectivity index (χ3n) is 3.80. The normalized spacial score (nSPS) is 17.2. The first-order chi connectivity index (χ1) is 9.17. The number of ether oxygens (including phenoxy) is 3. The van der Waals surface area contributed by atoms with E-state index in [1.54, 1.807) is 14.2 Å². The Bertz CT molecular complexity index is 408. The molecule has 1 atom stereocenters. The Balaban J connectivity index is 0.00000200. The van der Waals surface area contributed by atoms with Crippen LogP contribution in [0.2, 0.25) is 0 Å². The van der Waals surface area contributed by atoms with E-state index in [2.05, 4.69) is 0 Å². The maximum Gasteiger partial charge on any atom is 0.127 e. The fourth-order valence-corrected chi connectivity index (χ4v) is 2.71. The second kappa shape index (κ2) is 7.72. The Kier molecular flexibility index (Phi) is 6.59. The zero-order valence-electron chi connectivity index (χ0n) is 12.3. The van der Waals surface area contributed by atoms with Gasteiger partial charge in [-0.15, -0.1) is 12.4 Å². The minimum Gasteiger partial charge on any atom is -0.496 e. The van der Waals surface area contributed by atoms with E-state index in [0.29, 0.717) is 5.92 Å². The molecular weight excluding hydrogens is 278 g/mol. The third kappa shape index (κ3) is 3.57. The Morgan fingerprint density at radius 3 is 2.10 bits per heavy atom. The van der Waals surface area contributed by atoms with E-state index in [-0.39, 0.29) is 18.4 Å². The molecule has 1 aliphatic rings. The fourth-order valence-electron chi connectivity index (χ4n) is 2.71. The highest BCUT2D eigenvalue weighted by Crippen LogP contribution is 2.39. The summed E-state index contributed by atoms with van der Waals surface area (Å²) >= 11 is 0. The Morgan fingerprint density at radius 2 is 1.65 bits per heavy atom. The number of nitrogens with two attached hydrogens (primary N) is 1. The zero-order chi connectivity index (χ0) is 13.8. The van der Waals surface area contributed by atoms with Crippen LogP contribution in [0.25, 0.3) is 0 Å². The molecule has 0 unspecified atom stereocenters. The molecule has 5 heteroatoms. The van der Waals surface area contributed by atoms with Crippen LogP contribution in [0.15, 0.2) is 12.1 Å². The predicted octanol–water partition coefficient (Wildman–Crippen LogP) is 2.86. The molecule has 2 rings (SSSR count). The SMILES string of the molecule is COc1cc(C)cc(OC)c1[C@H](N)C1CCOCC1.Cl. The van der Waals surface area contributed by atoms with Crippen LogP contribution in [0, 0.1) is 12.8 Å². The Labute approximate surface area is 127 Å². The van der Waals surface area contributed by atoms with E-state index < -0.39 is 0 Å². The van der Waals surface area contributed by atoms with Gasteiger partial charge in [0.25, 0.3) is 0 Å². The molecule has 0 aliphatic carbocycles. The molecule has 0 bridgehead atoms. The van der Waals surface area contributed by atoms with E-state index in [9.17, 15) is 0 Å². The predicted molar refractivity (Wildman–Crippen MR) is 82.0 cm³/mol. The topological polar surface area (TPSA) is 53.7 Å². The molecule has 0 saturated carbocycles. The van der Waals surface area contributed by atoms with Gasteiger partial charge in [-0.1, -0.05) is 0 Å². The molecule has 1 aromatic rings. The maximum absolute atomic E-state index is 6.46. The van der Waals surface area contributed by atoms with Crippen LogP contribution in [0.1, 0.15) is 30.0 Å². The average Bonchev–Trinajstić information content (AvgIpc) is 2.46. The molecule has 20 heavy (non-hydrogen) atoms. The molecule has 114 valence electrons. The lowest BCUT2D eigenvalue weighted by atomic mass is 9.86. The zero-order valence-corrected chi connectivity index (χ0v) is 13.2. The molecule has 2 N–H and O–H groups in total. The van der Waals surface area contributed by atoms with Crippen molar-refractivity contribution in [2.24, 2.45) is 11.7 Å². The van der Waals surface area contributed by atoms with Gasteiger partial charge in [0.1, 0.15) is 11.5 Å². The summed E-state index contributed by atoms with van der Waals surface area (Å²) in [7, 11) is 3.35. The van der Waals surface area contributed by atoms with Crippen LogP contribution in [-0.4, -0.2) is 27.4 Å². The van der Waals surface area contributed by atoms with Crippen molar-refractivity contribution < 1.29 is 14.2 Å². The first-order valence-corrected chi connectivity index (χ1v) is 6.73. The summed E-state index contributed by atoms with van der Waals surface area (Å²) in [6.45, 7) is 3.60. The van der Waals surface area contributed by atoms with E-state index in [4.69, 9.17) is 19.9 Å². The van der Waals surface area contributed by atoms with Crippen molar-refractivity contribution in [2.75, 3.05) is 27.4 Å². The minimum absolute atomic E-state index is 0. The van der Waals surface area contributed by atoms with Crippen molar-refractivity contribution in [3.63, 3.8) is 0 Å². The quantitative estimate of drug-likeness (QED) is 0.929. The molecular formula is C15H24ClNO3. The lowest BCUT2D eigenvalue weighted by Gasteiger charge is -2.29. The Hall–Kier alpha value is -0.970. The highest BCUT2D eigenvalue weighted by atomic mass is 35.5. The summed E-state index contributed by atoms with van der Waals surface area (Å²) in [6, 6.07) is 3.95. The van der Waals surface area contributed by atoms with Crippen LogP contribution < -0.4 is 15.2 Å². The summed E-state index contributed by atoms with van der Waals surface area (Å²) in [6.07, 6.45) is 1.97. The number of halogens is 1. The van der Waals surface area contributed by atoms with Gasteiger partial charge in [-0.25, -0.2) is 0 Å². The van der Waals surface area contributed by atoms with Crippen LogP contribution in [0.4, 0.5) is 0 Å². The standard InChI is InChI=1S/C15H23NO3.ClH/c1-10-8-12(17-2)14(13(9-10)18-3)15(16)11-4-6-19-7-5-11;/h8-9,11,15H,4-7,16H2,1-3H3;1H/t15-;/m1./s1. The third-order valence-corrected chi connectivity index (χ3v) is 3.80. The van der Waals surface area contributed by atoms with Gasteiger partial charge >= 0.3 is 0 Å². The van der Waals surface area contributed by atoms with Crippen LogP contribution in [0.3, 0.4) is 0 Å². The van der Waals surface area contributed by atoms with Gasteiger partial charge in [0, 0.05) is 19.3 Å². The highest BCUT2D eigenvalue weighted by Gasteiger charge is 2.27. The van der Waals surface area contributed by atoms with Crippen LogP contribution in [-0.2, 0) is 4.74 Å². The number of benzene rings is 1. The largest absolute Gasteiger partial charge is 0.496 e. The Morgan fingerprint density at radius 1 is 1.15 bits per heavy atom. The first-order valence-electron chi connectivity index (χ1n) is 6.73. The van der Waals surface area contributed by atoms with Crippen molar-refractivity contribution in [1.29, 1.82) is 0 Å². The molecule has 1 fully saturated rings. The number of hydrogen-bond acceptors (Lipinski definition) is 4. The van der Waals surface area contributed by atoms with E-state index in [1.165, 1.54) is 0 Å². The van der Waals surface area contributed by atoms with Gasteiger partial charge in [-0.2, -0.15) is 0 Å². The van der Waals surface area contributed by atoms with Crippen molar-refractivity contribution >= 4 is 12.4 Å². The lowest BCUT2D eigenvalue weighted by molar-refractivity contribution is 0.0578. The van der Waals surface area contributed by atoms with Crippen molar-refractivity contribution in [1.82, 2.24) is 0 Å². The summed E-state index contributed by atoms with van der Waals surface area (Å²) in [5, 5.41) is 0. The van der Waals surface area contributed by atoms with Crippen molar-refractivity contribution in [2.45, 2.75) is 25.8 Å². The van der Waals surface area contributed by atoms with E-state index in [1.807, 2.05) is 19.1 Å². The molecule has 1 aliphatic heterocycles. The maximum atomic E-state index is 6.46. The van der Waals surface area contributed by atoms with Crippen LogP contribution in [0.5, 0.6) is 11.5 Å². The molecule has 1 heterocycles. The van der Waals surface area contributed by atoms with Gasteiger partial charge in [0.15, 0.2) is 0 Å². The lowest BCUT2D eigenvalue weighted by Crippen LogP contribution is -2.28. The average molecular weight is 302 g/mol. The molecule has 1 saturated heterocycles. The van der Waals surface area contributed by atoms with Gasteiger partial charge < -0.3 is 19.9 Å². The molecule has 1 aromatic carbocycles. The summed E-state index contributed by atoms with van der Waals surface area (Å²) < 4.78 is 16.4. The first kappa shape index (κ1) is 17.1. The van der Waals surface area contributed by atoms with Crippen molar-refractivity contribution in [3.8, 4) is 11.5 Å². The summed E-state index contributed by atoms with van der Waals surface area (Å²) in [4.78, 5) is 0. The number of hydrogen-bond donors (Lipinski definition) is 1. The van der Waals surface area contributed by atoms with Gasteiger partial charge in [0.2, 0.25) is 0 Å². The number of methoxy groups -OCH3 is 2. The van der Waals surface area contributed by atoms with Crippen molar-refractivity contribution in [3.05, 3.63) is 23.3 Å². The molecule has 0 spiro atoms. The summed E-state index contributed by atoms with van der Waals surface area (Å²) in [5.74, 6) is 2.05. The molecule has 0 radical (unpaired) electrons. The van der Waals surface area contributed by atoms with E-state index in [0.717, 1.165) is 48.7 Å². The van der Waals surface area contributed by atoms with Gasteiger partial charge in [-0.05, 0) is 43.4 Å². The van der Waals surface area contributed by atoms with Crippen LogP contribution >= 0.6 is 12.4 Å². The number of rotatable bonds is 4. The smallest absolute Gasteiger partial charge is 0.127 e. The molecule has 4 nitrogen and oxygen atoms in total. The fraction of sp³-hybridized carbons (Fsp3) is 0.600. The number of aryl methyl sites for hydroxylation is 1.